The van der Waals surface area contributed by atoms with Crippen molar-refractivity contribution in [1.29, 1.82) is 0 Å². The first-order valence-corrected chi connectivity index (χ1v) is 53.1. The molecule has 0 aliphatic carbocycles. The Kier molecular flexibility index (Phi) is 62.3. The second-order valence-corrected chi connectivity index (χ2v) is 41.2. The van der Waals surface area contributed by atoms with E-state index in [0.717, 1.165) is 82.1 Å². The van der Waals surface area contributed by atoms with Gasteiger partial charge in [-0.15, -0.1) is 0 Å². The summed E-state index contributed by atoms with van der Waals surface area (Å²) < 4.78 is 17.7. The molecule has 0 bridgehead atoms. The molecule has 9 heteroatoms. The summed E-state index contributed by atoms with van der Waals surface area (Å²) in [4.78, 5) is 10.6. The Labute approximate surface area is 818 Å². The third-order valence-corrected chi connectivity index (χ3v) is 33.0. The molecule has 5 nitrogen and oxygen atoms in total. The van der Waals surface area contributed by atoms with E-state index in [-0.39, 0.29) is 54.0 Å². The molecule has 0 saturated carbocycles. The summed E-state index contributed by atoms with van der Waals surface area (Å²) in [6, 6.07) is 110. The number of carbonyl (C=O) groups excluding carboxylic acids is 1. The average Bonchev–Trinajstić information content (AvgIpc) is 0.750. The standard InChI is InChI=1S/C52H78O2.C44H38P2.C22H36O2.CH3O.CH3.BrH.Na/c1-3-5-7-9-11-13-15-17-19-21-23-25-27-45-53-51-41-37-49(38-42-51)35-33-47-29-31-48(32-30-47)34-36-50-39-43-52(44-40-50)54-46-28-26-24-22-20-18-16-14-12-10-8-6-4-2;1-7-19-39(20-8-1)45(40-21-9-2-10-22-40,41-23-11-3-12-24-41)35-37-31-33-38(34-32-37)36-46(42-25-13-4-14-26-42,43-27-15-5-16-28-43)44-29-17-6-18-30-44;1-2-3-4-5-6-7-8-9-10-11-12-13-14-19-24-22-17-15-21(20-23)16-18-22;1-2;;;/h29-44H,3-28,45-46H2,1-2H3;1-34H,35-36H2;15-18,20H,2-14,19H2,1H3;1H3;1H3;1H;/q;+2;;2*-1;;+1/p-1. The zero-order chi connectivity index (χ0) is 88.4. The zero-order valence-corrected chi connectivity index (χ0v) is 85.6. The predicted octanol–water partition coefficient (Wildman–Crippen LogP) is 26.0. The van der Waals surface area contributed by atoms with E-state index in [1.54, 1.807) is 12.1 Å². The Morgan fingerprint density at radius 1 is 0.225 bits per heavy atom. The maximum Gasteiger partial charge on any atom is 1.00 e. The maximum absolute atomic E-state index is 10.6. The summed E-state index contributed by atoms with van der Waals surface area (Å²) in [5.74, 6) is 2.79. The Morgan fingerprint density at radius 3 is 0.566 bits per heavy atom. The van der Waals surface area contributed by atoms with Crippen LogP contribution >= 0.6 is 14.5 Å². The van der Waals surface area contributed by atoms with Gasteiger partial charge in [-0.3, -0.25) is 4.79 Å². The minimum absolute atomic E-state index is 0. The SMILES string of the molecule is CCCCCCCCCCCCCCCOc1ccc(C=Cc2ccc(C=Cc3ccc(OCCCCCCCCCCCCCCC)cc3)cc2)cc1.CCCCCCCCCCCCCCCOc1ccc(C=O)cc1.C[O-].[Br-].[CH3-].[Na+].c1ccc([P+](Cc2ccc(C[P+](c3ccccc3)(c3ccccc3)c3ccccc3)cc2)(c2ccccc2)c2ccccc2)cc1. The van der Waals surface area contributed by atoms with Gasteiger partial charge in [0.15, 0.2) is 0 Å². The number of aldehydes is 1. The molecule has 0 N–H and O–H groups in total. The van der Waals surface area contributed by atoms with E-state index in [2.05, 4.69) is 324 Å². The normalized spacial score (nSPS) is 11.0. The molecular formula is C120H158BrNaO5P2. The van der Waals surface area contributed by atoms with E-state index in [1.165, 1.54) is 296 Å². The van der Waals surface area contributed by atoms with Gasteiger partial charge in [0.1, 0.15) is 69.9 Å². The number of benzene rings is 11. The van der Waals surface area contributed by atoms with Crippen molar-refractivity contribution in [2.24, 2.45) is 0 Å². The number of carbonyl (C=O) groups is 1. The third kappa shape index (κ3) is 43.7. The van der Waals surface area contributed by atoms with E-state index in [1.807, 2.05) is 12.1 Å². The van der Waals surface area contributed by atoms with Gasteiger partial charge >= 0.3 is 29.6 Å². The van der Waals surface area contributed by atoms with Gasteiger partial charge in [0, 0.05) is 5.56 Å². The van der Waals surface area contributed by atoms with Crippen molar-refractivity contribution in [3.05, 3.63) is 350 Å². The van der Waals surface area contributed by atoms with E-state index >= 15 is 0 Å². The van der Waals surface area contributed by atoms with E-state index < -0.39 is 14.5 Å². The summed E-state index contributed by atoms with van der Waals surface area (Å²) >= 11 is 0. The molecule has 0 aromatic heterocycles. The summed E-state index contributed by atoms with van der Waals surface area (Å²) in [6.45, 7) is 9.26. The minimum atomic E-state index is -1.97. The first-order chi connectivity index (χ1) is 62.4. The Hall–Kier alpha value is -7.73. The van der Waals surface area contributed by atoms with Crippen molar-refractivity contribution in [3.8, 4) is 17.2 Å². The van der Waals surface area contributed by atoms with Gasteiger partial charge in [-0.1, -0.05) is 458 Å². The molecule has 686 valence electrons. The van der Waals surface area contributed by atoms with Crippen molar-refractivity contribution in [2.75, 3.05) is 26.9 Å². The van der Waals surface area contributed by atoms with Gasteiger partial charge in [0.2, 0.25) is 0 Å². The second-order valence-electron chi connectivity index (χ2n) is 34.2. The largest absolute Gasteiger partial charge is 1.00 e. The maximum atomic E-state index is 10.6. The van der Waals surface area contributed by atoms with Gasteiger partial charge in [0.05, 0.1) is 32.1 Å². The number of rotatable bonds is 60. The van der Waals surface area contributed by atoms with Crippen LogP contribution in [0.3, 0.4) is 0 Å². The molecule has 0 atom stereocenters. The molecule has 0 amide bonds. The molecule has 0 saturated heterocycles. The number of hydrogen-bond acceptors (Lipinski definition) is 5. The van der Waals surface area contributed by atoms with Crippen molar-refractivity contribution < 1.29 is 70.7 Å². The van der Waals surface area contributed by atoms with Crippen LogP contribution in [0.25, 0.3) is 24.3 Å². The average molecular weight is 1850 g/mol. The Morgan fingerprint density at radius 2 is 0.388 bits per heavy atom. The molecule has 0 unspecified atom stereocenters. The molecule has 11 aromatic carbocycles. The van der Waals surface area contributed by atoms with Crippen LogP contribution in [0.2, 0.25) is 0 Å². The van der Waals surface area contributed by atoms with Crippen LogP contribution in [0.15, 0.2) is 303 Å². The molecule has 0 aliphatic heterocycles. The van der Waals surface area contributed by atoms with Crippen LogP contribution < -0.4 is 97.7 Å². The van der Waals surface area contributed by atoms with Crippen molar-refractivity contribution in [3.63, 3.8) is 0 Å². The van der Waals surface area contributed by atoms with Crippen LogP contribution in [-0.4, -0.2) is 33.2 Å². The van der Waals surface area contributed by atoms with Gasteiger partial charge < -0.3 is 43.7 Å². The summed E-state index contributed by atoms with van der Waals surface area (Å²) in [5, 5.41) is 16.7. The fraction of sp³-hybridized carbons (Fsp3) is 0.400. The number of halogens is 1. The Balaban J connectivity index is 0.000000357. The number of ether oxygens (including phenoxy) is 3. The summed E-state index contributed by atoms with van der Waals surface area (Å²) in [6.07, 6.45) is 65.0. The quantitative estimate of drug-likeness (QED) is 0.00949. The van der Waals surface area contributed by atoms with Crippen molar-refractivity contribution >= 4 is 76.9 Å². The van der Waals surface area contributed by atoms with Crippen LogP contribution in [0, 0.1) is 7.43 Å². The monoisotopic (exact) mass is 1840 g/mol. The molecule has 11 rings (SSSR count). The fourth-order valence-corrected chi connectivity index (χ4v) is 25.3. The summed E-state index contributed by atoms with van der Waals surface area (Å²) in [7, 11) is -3.19. The molecule has 0 spiro atoms. The first-order valence-electron chi connectivity index (χ1n) is 49.1. The molecule has 0 radical (unpaired) electrons. The fourth-order valence-electron chi connectivity index (χ4n) is 16.9. The van der Waals surface area contributed by atoms with Crippen molar-refractivity contribution in [2.45, 2.75) is 284 Å². The predicted molar refractivity (Wildman–Crippen MR) is 559 cm³/mol. The molecule has 0 heterocycles. The topological polar surface area (TPSA) is 67.8 Å². The van der Waals surface area contributed by atoms with Gasteiger partial charge in [-0.2, -0.15) is 7.11 Å². The van der Waals surface area contributed by atoms with Crippen LogP contribution in [0.4, 0.5) is 0 Å². The van der Waals surface area contributed by atoms with E-state index in [0.29, 0.717) is 5.56 Å². The molecule has 129 heavy (non-hydrogen) atoms. The zero-order valence-electron chi connectivity index (χ0n) is 80.2. The van der Waals surface area contributed by atoms with Crippen LogP contribution in [0.1, 0.15) is 315 Å². The van der Waals surface area contributed by atoms with Gasteiger partial charge in [-0.05, 0) is 174 Å². The molecular weight excluding hydrogens is 1690 g/mol. The number of unbranched alkanes of at least 4 members (excludes halogenated alkanes) is 36. The smallest absolute Gasteiger partial charge is 1.00 e. The van der Waals surface area contributed by atoms with E-state index in [4.69, 9.17) is 19.3 Å². The first kappa shape index (κ1) is 112. The third-order valence-electron chi connectivity index (χ3n) is 24.2. The van der Waals surface area contributed by atoms with Gasteiger partial charge in [-0.25, -0.2) is 0 Å². The van der Waals surface area contributed by atoms with E-state index in [9.17, 15) is 4.79 Å². The minimum Gasteiger partial charge on any atom is -1.00 e. The van der Waals surface area contributed by atoms with Crippen molar-refractivity contribution in [1.82, 2.24) is 0 Å². The van der Waals surface area contributed by atoms with Crippen LogP contribution in [0.5, 0.6) is 17.2 Å². The number of hydrogen-bond donors (Lipinski definition) is 0. The van der Waals surface area contributed by atoms with Crippen LogP contribution in [-0.2, 0) is 12.3 Å². The molecule has 0 aliphatic rings. The van der Waals surface area contributed by atoms with Gasteiger partial charge in [0.25, 0.3) is 0 Å². The summed E-state index contributed by atoms with van der Waals surface area (Å²) in [5.41, 5.74) is 8.20. The second kappa shape index (κ2) is 71.9. The molecule has 11 aromatic rings. The molecule has 0 fully saturated rings. The Bertz CT molecular complexity index is 4070.